The van der Waals surface area contributed by atoms with Gasteiger partial charge in [0.05, 0.1) is 6.04 Å². The number of alkyl halides is 2. The van der Waals surface area contributed by atoms with Crippen molar-refractivity contribution < 1.29 is 13.6 Å². The zero-order valence-electron chi connectivity index (χ0n) is 17.3. The number of hydrazine groups is 1. The molecule has 7 nitrogen and oxygen atoms in total. The normalized spacial score (nSPS) is 22.0. The number of anilines is 2. The Balaban J connectivity index is 1.31. The van der Waals surface area contributed by atoms with Crippen LogP contribution in [0.5, 0.6) is 0 Å². The molecule has 1 saturated heterocycles. The number of amides is 1. The van der Waals surface area contributed by atoms with Gasteiger partial charge in [-0.25, -0.2) is 19.2 Å². The van der Waals surface area contributed by atoms with Gasteiger partial charge in [-0.2, -0.15) is 0 Å². The van der Waals surface area contributed by atoms with Gasteiger partial charge in [0, 0.05) is 42.8 Å². The van der Waals surface area contributed by atoms with Gasteiger partial charge in [0.1, 0.15) is 17.7 Å². The van der Waals surface area contributed by atoms with E-state index in [0.717, 1.165) is 31.7 Å². The van der Waals surface area contributed by atoms with Crippen molar-refractivity contribution >= 4 is 17.4 Å². The van der Waals surface area contributed by atoms with Gasteiger partial charge in [0.15, 0.2) is 0 Å². The lowest BCUT2D eigenvalue weighted by molar-refractivity contribution is -0.114. The standard InChI is InChI=1S/C23H24F2N6O/c24-22(25)17-6-2-1-5-16(17)18-7-8-20-27-14-19(31(20)29-18)23(32)28-15-9-10-26-21(13-15)30-11-3-4-12-30/h1-2,5-10,13-14,18,20,22,27,29H,3-4,11-12H2,(H,26,28,32). The number of carbonyl (C=O) groups excluding carboxylic acids is 1. The number of hydrogen-bond acceptors (Lipinski definition) is 6. The maximum atomic E-state index is 13.5. The number of fused-ring (bicyclic) bond motifs is 1. The predicted molar refractivity (Wildman–Crippen MR) is 118 cm³/mol. The average molecular weight is 438 g/mol. The van der Waals surface area contributed by atoms with Crippen LogP contribution in [0.15, 0.2) is 66.6 Å². The summed E-state index contributed by atoms with van der Waals surface area (Å²) in [5, 5.41) is 7.72. The van der Waals surface area contributed by atoms with Gasteiger partial charge in [-0.1, -0.05) is 30.3 Å². The van der Waals surface area contributed by atoms with Crippen LogP contribution in [0.3, 0.4) is 0 Å². The van der Waals surface area contributed by atoms with Crippen LogP contribution < -0.4 is 21.0 Å². The quantitative estimate of drug-likeness (QED) is 0.622. The molecule has 0 bridgehead atoms. The lowest BCUT2D eigenvalue weighted by Crippen LogP contribution is -2.50. The summed E-state index contributed by atoms with van der Waals surface area (Å²) in [6.45, 7) is 1.93. The Kier molecular flexibility index (Phi) is 5.48. The Hall–Kier alpha value is -3.46. The highest BCUT2D eigenvalue weighted by Crippen LogP contribution is 2.31. The van der Waals surface area contributed by atoms with E-state index in [4.69, 9.17) is 0 Å². The van der Waals surface area contributed by atoms with E-state index in [-0.39, 0.29) is 17.6 Å². The minimum absolute atomic E-state index is 0.0264. The Labute approximate surface area is 184 Å². The van der Waals surface area contributed by atoms with E-state index in [2.05, 4.69) is 25.9 Å². The van der Waals surface area contributed by atoms with Gasteiger partial charge in [-0.05, 0) is 30.5 Å². The highest BCUT2D eigenvalue weighted by molar-refractivity contribution is 6.03. The monoisotopic (exact) mass is 438 g/mol. The molecule has 1 aromatic carbocycles. The van der Waals surface area contributed by atoms with Crippen molar-refractivity contribution in [1.82, 2.24) is 20.7 Å². The van der Waals surface area contributed by atoms with Gasteiger partial charge in [-0.3, -0.25) is 9.80 Å². The van der Waals surface area contributed by atoms with Gasteiger partial charge in [0.2, 0.25) is 0 Å². The van der Waals surface area contributed by atoms with Crippen LogP contribution in [-0.4, -0.2) is 35.2 Å². The lowest BCUT2D eigenvalue weighted by Gasteiger charge is -2.35. The van der Waals surface area contributed by atoms with E-state index in [1.54, 1.807) is 41.7 Å². The third-order valence-corrected chi connectivity index (χ3v) is 5.92. The van der Waals surface area contributed by atoms with Gasteiger partial charge in [-0.15, -0.1) is 0 Å². The number of aromatic nitrogens is 1. The number of nitrogens with one attached hydrogen (secondary N) is 3. The second kappa shape index (κ2) is 8.58. The molecule has 3 N–H and O–H groups in total. The molecule has 1 aromatic heterocycles. The van der Waals surface area contributed by atoms with Gasteiger partial charge >= 0.3 is 0 Å². The Morgan fingerprint density at radius 1 is 1.16 bits per heavy atom. The average Bonchev–Trinajstić information content (AvgIpc) is 3.49. The maximum Gasteiger partial charge on any atom is 0.274 e. The Morgan fingerprint density at radius 3 is 2.78 bits per heavy atom. The molecule has 5 rings (SSSR count). The summed E-state index contributed by atoms with van der Waals surface area (Å²) in [4.78, 5) is 19.7. The van der Waals surface area contributed by atoms with Crippen LogP contribution in [0, 0.1) is 0 Å². The first kappa shape index (κ1) is 20.4. The predicted octanol–water partition coefficient (Wildman–Crippen LogP) is 3.45. The molecule has 1 fully saturated rings. The smallest absolute Gasteiger partial charge is 0.274 e. The van der Waals surface area contributed by atoms with Gasteiger partial charge < -0.3 is 15.5 Å². The van der Waals surface area contributed by atoms with Crippen molar-refractivity contribution in [3.05, 3.63) is 77.8 Å². The SMILES string of the molecule is O=C(Nc1ccnc(N2CCCC2)c1)C1=CNC2C=CC(c3ccccc3C(F)F)NN12. The molecule has 9 heteroatoms. The zero-order valence-corrected chi connectivity index (χ0v) is 17.3. The topological polar surface area (TPSA) is 72.5 Å². The van der Waals surface area contributed by atoms with Crippen LogP contribution in [0.4, 0.5) is 20.3 Å². The first-order valence-corrected chi connectivity index (χ1v) is 10.7. The molecule has 2 aromatic rings. The van der Waals surface area contributed by atoms with E-state index in [9.17, 15) is 13.6 Å². The fourth-order valence-electron chi connectivity index (χ4n) is 4.31. The molecule has 32 heavy (non-hydrogen) atoms. The third-order valence-electron chi connectivity index (χ3n) is 5.92. The number of benzene rings is 1. The summed E-state index contributed by atoms with van der Waals surface area (Å²) in [5.74, 6) is 0.543. The van der Waals surface area contributed by atoms with Crippen molar-refractivity contribution in [3.63, 3.8) is 0 Å². The van der Waals surface area contributed by atoms with Crippen molar-refractivity contribution in [2.24, 2.45) is 0 Å². The van der Waals surface area contributed by atoms with Crippen molar-refractivity contribution in [2.45, 2.75) is 31.5 Å². The molecule has 0 aliphatic carbocycles. The lowest BCUT2D eigenvalue weighted by atomic mass is 9.99. The van der Waals surface area contributed by atoms with Crippen LogP contribution >= 0.6 is 0 Å². The third kappa shape index (κ3) is 3.91. The number of halogens is 2. The summed E-state index contributed by atoms with van der Waals surface area (Å²) in [5.41, 5.74) is 4.68. The highest BCUT2D eigenvalue weighted by atomic mass is 19.3. The van der Waals surface area contributed by atoms with Gasteiger partial charge in [0.25, 0.3) is 12.3 Å². The zero-order chi connectivity index (χ0) is 22.1. The molecule has 2 unspecified atom stereocenters. The van der Waals surface area contributed by atoms with E-state index in [1.165, 1.54) is 6.07 Å². The molecular weight excluding hydrogens is 414 g/mol. The summed E-state index contributed by atoms with van der Waals surface area (Å²) in [6.07, 6.45) is 6.43. The van der Waals surface area contributed by atoms with Crippen LogP contribution in [0.1, 0.15) is 36.4 Å². The van der Waals surface area contributed by atoms with Crippen LogP contribution in [0.25, 0.3) is 0 Å². The minimum Gasteiger partial charge on any atom is -0.365 e. The van der Waals surface area contributed by atoms with Crippen molar-refractivity contribution in [3.8, 4) is 0 Å². The molecule has 166 valence electrons. The summed E-state index contributed by atoms with van der Waals surface area (Å²) < 4.78 is 27.0. The fraction of sp³-hybridized carbons (Fsp3) is 0.304. The number of hydrogen-bond donors (Lipinski definition) is 3. The minimum atomic E-state index is -2.58. The number of nitrogens with zero attached hydrogens (tertiary/aromatic N) is 3. The largest absolute Gasteiger partial charge is 0.365 e. The maximum absolute atomic E-state index is 13.5. The Morgan fingerprint density at radius 2 is 1.97 bits per heavy atom. The van der Waals surface area contributed by atoms with Crippen molar-refractivity contribution in [1.29, 1.82) is 0 Å². The molecule has 0 spiro atoms. The number of carbonyl (C=O) groups is 1. The molecule has 3 aliphatic rings. The van der Waals surface area contributed by atoms with E-state index in [0.29, 0.717) is 16.9 Å². The molecular formula is C23H24F2N6O. The molecule has 0 radical (unpaired) electrons. The summed E-state index contributed by atoms with van der Waals surface area (Å²) >= 11 is 0. The highest BCUT2D eigenvalue weighted by Gasteiger charge is 2.34. The molecule has 1 amide bonds. The second-order valence-electron chi connectivity index (χ2n) is 7.98. The number of rotatable bonds is 5. The molecule has 2 atom stereocenters. The van der Waals surface area contributed by atoms with Crippen molar-refractivity contribution in [2.75, 3.05) is 23.3 Å². The Bertz CT molecular complexity index is 1070. The van der Waals surface area contributed by atoms with E-state index < -0.39 is 12.5 Å². The first-order chi connectivity index (χ1) is 15.6. The fourth-order valence-corrected chi connectivity index (χ4v) is 4.31. The summed E-state index contributed by atoms with van der Waals surface area (Å²) in [7, 11) is 0. The van der Waals surface area contributed by atoms with E-state index >= 15 is 0 Å². The molecule has 4 heterocycles. The van der Waals surface area contributed by atoms with Crippen LogP contribution in [0.2, 0.25) is 0 Å². The van der Waals surface area contributed by atoms with E-state index in [1.807, 2.05) is 18.2 Å². The summed E-state index contributed by atoms with van der Waals surface area (Å²) in [6, 6.07) is 9.58. The second-order valence-corrected chi connectivity index (χ2v) is 7.98. The first-order valence-electron chi connectivity index (χ1n) is 10.7. The molecule has 0 saturated carbocycles. The molecule has 3 aliphatic heterocycles. The van der Waals surface area contributed by atoms with Crippen LogP contribution in [-0.2, 0) is 4.79 Å². The number of pyridine rings is 1.